The summed E-state index contributed by atoms with van der Waals surface area (Å²) < 4.78 is 63.9. The number of hydrogen-bond donors (Lipinski definition) is 0. The summed E-state index contributed by atoms with van der Waals surface area (Å²) in [5.74, 6) is 0.669. The number of aromatic nitrogens is 3. The van der Waals surface area contributed by atoms with E-state index in [1.54, 1.807) is 11.3 Å². The molecule has 11 aromatic rings. The Hall–Kier alpha value is -7.21. The summed E-state index contributed by atoms with van der Waals surface area (Å²) in [5.41, 5.74) is 6.20. The summed E-state index contributed by atoms with van der Waals surface area (Å²) in [6.45, 7) is 0. The van der Waals surface area contributed by atoms with E-state index in [-0.39, 0.29) is 69.6 Å². The van der Waals surface area contributed by atoms with E-state index in [4.69, 9.17) is 23.5 Å². The SMILES string of the molecule is [2H]c1c([2H])c(-c2ccc(-c3ccccc3)cc2)c2c(oc3c([2H])c(-c4nc(-c5ccc(-c6ccccc6)cc5)nc(-c5ccc6sc7ccccc7c6c5)n4)c([2H])c([2H])c32)c1[2H]. The molecule has 3 heterocycles. The third-order valence-electron chi connectivity index (χ3n) is 10.1. The Balaban J connectivity index is 1.12. The average molecular weight is 740 g/mol. The zero-order chi connectivity index (χ0) is 42.2. The maximum atomic E-state index is 9.62. The van der Waals surface area contributed by atoms with Crippen molar-refractivity contribution in [2.75, 3.05) is 0 Å². The Kier molecular flexibility index (Phi) is 6.29. The molecule has 0 unspecified atom stereocenters. The highest BCUT2D eigenvalue weighted by molar-refractivity contribution is 7.25. The van der Waals surface area contributed by atoms with Crippen LogP contribution in [0.3, 0.4) is 0 Å². The smallest absolute Gasteiger partial charge is 0.164 e. The molecule has 0 saturated heterocycles. The topological polar surface area (TPSA) is 51.8 Å². The average Bonchev–Trinajstić information content (AvgIpc) is 3.90. The number of hydrogen-bond acceptors (Lipinski definition) is 5. The van der Waals surface area contributed by atoms with Crippen LogP contribution >= 0.6 is 11.3 Å². The third kappa shape index (κ3) is 5.65. The van der Waals surface area contributed by atoms with Crippen molar-refractivity contribution in [3.05, 3.63) is 188 Å². The van der Waals surface area contributed by atoms with Crippen LogP contribution in [0.5, 0.6) is 0 Å². The minimum absolute atomic E-state index is 0.0171. The van der Waals surface area contributed by atoms with Gasteiger partial charge in [-0.1, -0.05) is 146 Å². The lowest BCUT2D eigenvalue weighted by Crippen LogP contribution is -2.00. The summed E-state index contributed by atoms with van der Waals surface area (Å²) in [7, 11) is 0. The Morgan fingerprint density at radius 1 is 0.411 bits per heavy atom. The van der Waals surface area contributed by atoms with Gasteiger partial charge in [0.1, 0.15) is 11.2 Å². The highest BCUT2D eigenvalue weighted by Gasteiger charge is 2.18. The van der Waals surface area contributed by atoms with Gasteiger partial charge in [-0.2, -0.15) is 0 Å². The van der Waals surface area contributed by atoms with Gasteiger partial charge in [0, 0.05) is 47.6 Å². The van der Waals surface area contributed by atoms with E-state index in [0.717, 1.165) is 42.4 Å². The van der Waals surface area contributed by atoms with E-state index in [2.05, 4.69) is 18.2 Å². The minimum Gasteiger partial charge on any atom is -0.456 e. The lowest BCUT2D eigenvalue weighted by atomic mass is 9.96. The van der Waals surface area contributed by atoms with Crippen LogP contribution in [0.1, 0.15) is 8.22 Å². The second-order valence-electron chi connectivity index (χ2n) is 13.5. The number of benzene rings is 8. The molecule has 0 spiro atoms. The first-order valence-electron chi connectivity index (χ1n) is 21.2. The first kappa shape index (κ1) is 26.5. The molecule has 0 amide bonds. The van der Waals surface area contributed by atoms with Crippen molar-refractivity contribution >= 4 is 53.4 Å². The molecule has 4 nitrogen and oxygen atoms in total. The van der Waals surface area contributed by atoms with Crippen molar-refractivity contribution < 1.29 is 12.6 Å². The standard InChI is InChI=1S/C51H31N3OS/c1-3-10-32(11-4-1)34-18-22-36(23-19-34)40-15-9-16-44-48(40)42-28-26-39(31-45(42)55-44)51-53-49(37-24-20-35(21-25-37)33-12-5-2-6-13-33)52-50(54-51)38-27-29-47-43(30-38)41-14-7-8-17-46(41)56-47/h1-31H/i9D,15D,16D,26D,28D,31D. The molecule has 0 N–H and O–H groups in total. The van der Waals surface area contributed by atoms with Crippen LogP contribution < -0.4 is 0 Å². The Morgan fingerprint density at radius 2 is 0.964 bits per heavy atom. The molecule has 56 heavy (non-hydrogen) atoms. The van der Waals surface area contributed by atoms with Crippen LogP contribution in [-0.2, 0) is 0 Å². The number of fused-ring (bicyclic) bond motifs is 6. The van der Waals surface area contributed by atoms with Gasteiger partial charge in [0.25, 0.3) is 0 Å². The Bertz CT molecular complexity index is 3570. The summed E-state index contributed by atoms with van der Waals surface area (Å²) in [6.07, 6.45) is 0. The molecule has 5 heteroatoms. The van der Waals surface area contributed by atoms with Crippen LogP contribution in [0.4, 0.5) is 0 Å². The van der Waals surface area contributed by atoms with E-state index in [0.29, 0.717) is 33.9 Å². The molecular weight excluding hydrogens is 703 g/mol. The normalized spacial score (nSPS) is 13.1. The maximum Gasteiger partial charge on any atom is 0.164 e. The van der Waals surface area contributed by atoms with Gasteiger partial charge in [0.15, 0.2) is 17.5 Å². The summed E-state index contributed by atoms with van der Waals surface area (Å²) in [6, 6.07) is 47.9. The quantitative estimate of drug-likeness (QED) is 0.170. The largest absolute Gasteiger partial charge is 0.456 e. The number of thiophene rings is 1. The number of furan rings is 1. The third-order valence-corrected chi connectivity index (χ3v) is 11.2. The lowest BCUT2D eigenvalue weighted by Gasteiger charge is -2.10. The second kappa shape index (κ2) is 13.3. The fourth-order valence-electron chi connectivity index (χ4n) is 7.29. The van der Waals surface area contributed by atoms with E-state index in [1.165, 1.54) is 0 Å². The monoisotopic (exact) mass is 739 g/mol. The lowest BCUT2D eigenvalue weighted by molar-refractivity contribution is 0.669. The minimum atomic E-state index is -0.344. The maximum absolute atomic E-state index is 9.62. The van der Waals surface area contributed by atoms with Crippen LogP contribution in [-0.4, -0.2) is 15.0 Å². The summed E-state index contributed by atoms with van der Waals surface area (Å²) >= 11 is 1.70. The molecule has 3 aromatic heterocycles. The molecular formula is C51H31N3OS. The molecule has 0 saturated carbocycles. The molecule has 0 aliphatic carbocycles. The fourth-order valence-corrected chi connectivity index (χ4v) is 8.38. The molecule has 262 valence electrons. The highest BCUT2D eigenvalue weighted by atomic mass is 32.1. The summed E-state index contributed by atoms with van der Waals surface area (Å²) in [5, 5.41) is 2.52. The highest BCUT2D eigenvalue weighted by Crippen LogP contribution is 2.40. The van der Waals surface area contributed by atoms with Crippen LogP contribution in [0, 0.1) is 0 Å². The zero-order valence-corrected chi connectivity index (χ0v) is 30.4. The molecule has 11 rings (SSSR count). The van der Waals surface area contributed by atoms with Gasteiger partial charge in [-0.3, -0.25) is 0 Å². The van der Waals surface area contributed by atoms with Gasteiger partial charge >= 0.3 is 0 Å². The van der Waals surface area contributed by atoms with Crippen molar-refractivity contribution in [3.63, 3.8) is 0 Å². The van der Waals surface area contributed by atoms with Crippen LogP contribution in [0.2, 0.25) is 0 Å². The van der Waals surface area contributed by atoms with Gasteiger partial charge in [0.2, 0.25) is 0 Å². The van der Waals surface area contributed by atoms with E-state index >= 15 is 0 Å². The summed E-state index contributed by atoms with van der Waals surface area (Å²) in [4.78, 5) is 14.8. The molecule has 8 aromatic carbocycles. The molecule has 0 fully saturated rings. The predicted octanol–water partition coefficient (Wildman–Crippen LogP) is 14.1. The van der Waals surface area contributed by atoms with E-state index < -0.39 is 0 Å². The van der Waals surface area contributed by atoms with Gasteiger partial charge in [-0.25, -0.2) is 15.0 Å². The van der Waals surface area contributed by atoms with Gasteiger partial charge in [-0.15, -0.1) is 11.3 Å². The van der Waals surface area contributed by atoms with Gasteiger partial charge in [0.05, 0.1) is 8.22 Å². The number of rotatable bonds is 6. The van der Waals surface area contributed by atoms with Crippen molar-refractivity contribution in [2.45, 2.75) is 0 Å². The van der Waals surface area contributed by atoms with Crippen LogP contribution in [0.15, 0.2) is 192 Å². The van der Waals surface area contributed by atoms with Crippen molar-refractivity contribution in [2.24, 2.45) is 0 Å². The van der Waals surface area contributed by atoms with Crippen molar-refractivity contribution in [1.29, 1.82) is 0 Å². The van der Waals surface area contributed by atoms with Crippen LogP contribution in [0.25, 0.3) is 110 Å². The van der Waals surface area contributed by atoms with E-state index in [1.807, 2.05) is 133 Å². The fraction of sp³-hybridized carbons (Fsp3) is 0. The predicted molar refractivity (Wildman–Crippen MR) is 233 cm³/mol. The Labute approximate surface area is 335 Å². The van der Waals surface area contributed by atoms with Crippen molar-refractivity contribution in [3.8, 4) is 67.5 Å². The van der Waals surface area contributed by atoms with Gasteiger partial charge in [-0.05, 0) is 75.8 Å². The Morgan fingerprint density at radius 3 is 1.68 bits per heavy atom. The van der Waals surface area contributed by atoms with E-state index in [9.17, 15) is 4.11 Å². The second-order valence-corrected chi connectivity index (χ2v) is 14.6. The molecule has 0 bridgehead atoms. The molecule has 0 radical (unpaired) electrons. The number of nitrogens with zero attached hydrogens (tertiary/aromatic N) is 3. The molecule has 0 aliphatic heterocycles. The first-order valence-corrected chi connectivity index (χ1v) is 19.0. The molecule has 0 aliphatic rings. The van der Waals surface area contributed by atoms with Gasteiger partial charge < -0.3 is 4.42 Å². The molecule has 0 atom stereocenters. The first-order chi connectivity index (χ1) is 30.2. The van der Waals surface area contributed by atoms with Crippen molar-refractivity contribution in [1.82, 2.24) is 15.0 Å². The zero-order valence-electron chi connectivity index (χ0n) is 35.6.